The van der Waals surface area contributed by atoms with E-state index in [1.165, 1.54) is 27.5 Å². The molecule has 145 valence electrons. The molecule has 2 aliphatic rings. The SMILES string of the molecule is C[N](C)[Zr]([N](C)C)[Sn]([CH3])([CH2]C1=CC=CC1)[c]1cccc2c1Cc1ccccc1-2. The van der Waals surface area contributed by atoms with Gasteiger partial charge in [0, 0.05) is 0 Å². The van der Waals surface area contributed by atoms with E-state index in [0.717, 1.165) is 6.42 Å². The Balaban J connectivity index is 1.86. The molecule has 0 bridgehead atoms. The molecule has 1 atom stereocenters. The Morgan fingerprint density at radius 3 is 2.32 bits per heavy atom. The van der Waals surface area contributed by atoms with Gasteiger partial charge in [-0.15, -0.1) is 0 Å². The van der Waals surface area contributed by atoms with Crippen LogP contribution in [-0.4, -0.2) is 47.7 Å². The van der Waals surface area contributed by atoms with Crippen LogP contribution in [0.4, 0.5) is 0 Å². The zero-order valence-electron chi connectivity index (χ0n) is 17.8. The predicted molar refractivity (Wildman–Crippen MR) is 120 cm³/mol. The Hall–Kier alpha value is -0.478. The van der Waals surface area contributed by atoms with Gasteiger partial charge >= 0.3 is 180 Å². The predicted octanol–water partition coefficient (Wildman–Crippen LogP) is 4.50. The molecule has 2 aliphatic carbocycles. The van der Waals surface area contributed by atoms with Crippen LogP contribution in [0, 0.1) is 0 Å². The van der Waals surface area contributed by atoms with Gasteiger partial charge in [-0.1, -0.05) is 0 Å². The number of hydrogen-bond acceptors (Lipinski definition) is 2. The van der Waals surface area contributed by atoms with Gasteiger partial charge in [-0.3, -0.25) is 0 Å². The average molecular weight is 557 g/mol. The van der Waals surface area contributed by atoms with E-state index in [1.54, 1.807) is 14.7 Å². The molecule has 0 heterocycles. The van der Waals surface area contributed by atoms with Crippen molar-refractivity contribution >= 4 is 17.4 Å². The quantitative estimate of drug-likeness (QED) is 0.412. The fraction of sp³-hybridized carbons (Fsp3) is 0.333. The van der Waals surface area contributed by atoms with Crippen LogP contribution < -0.4 is 3.58 Å². The standard InChI is InChI=1S/C13H9.C6H7.2C2H6N.CH3.Sn.Zr/c1-3-7-12-10(5-1)9-11-6-2-4-8-13(11)12;1-6-4-2-3-5-6;2*1-3-2;;;/h1-5,7-8H,9H2;2-4H,1,5H2;2*1-2H3;1H3;;/q;;2*-1;;;+2. The summed E-state index contributed by atoms with van der Waals surface area (Å²) >= 11 is -4.61. The van der Waals surface area contributed by atoms with Gasteiger partial charge in [0.15, 0.2) is 0 Å². The van der Waals surface area contributed by atoms with Crippen LogP contribution in [0.25, 0.3) is 11.1 Å². The van der Waals surface area contributed by atoms with Crippen molar-refractivity contribution in [3.63, 3.8) is 0 Å². The normalized spacial score (nSPS) is 16.9. The third-order valence-electron chi connectivity index (χ3n) is 6.21. The number of allylic oxidation sites excluding steroid dienone is 4. The second kappa shape index (κ2) is 8.34. The van der Waals surface area contributed by atoms with Crippen molar-refractivity contribution in [2.24, 2.45) is 0 Å². The van der Waals surface area contributed by atoms with Crippen LogP contribution in [0.15, 0.2) is 66.3 Å². The fourth-order valence-corrected chi connectivity index (χ4v) is 68.7. The molecule has 28 heavy (non-hydrogen) atoms. The molecule has 1 unspecified atom stereocenters. The summed E-state index contributed by atoms with van der Waals surface area (Å²) in [7, 11) is 9.40. The van der Waals surface area contributed by atoms with Crippen molar-refractivity contribution in [3.8, 4) is 11.1 Å². The molecule has 0 amide bonds. The van der Waals surface area contributed by atoms with Crippen LogP contribution >= 0.6 is 0 Å². The molecule has 0 aromatic heterocycles. The van der Waals surface area contributed by atoms with Crippen molar-refractivity contribution in [2.75, 3.05) is 28.2 Å². The fourth-order valence-electron chi connectivity index (χ4n) is 5.43. The van der Waals surface area contributed by atoms with Gasteiger partial charge < -0.3 is 0 Å². The zero-order valence-corrected chi connectivity index (χ0v) is 23.1. The summed E-state index contributed by atoms with van der Waals surface area (Å²) in [6, 6.07) is 16.3. The first-order chi connectivity index (χ1) is 13.4. The number of benzene rings is 2. The van der Waals surface area contributed by atoms with E-state index >= 15 is 0 Å². The molecule has 0 saturated carbocycles. The molecular weight excluding hydrogens is 526 g/mol. The number of fused-ring (bicyclic) bond motifs is 3. The van der Waals surface area contributed by atoms with Gasteiger partial charge in [0.1, 0.15) is 0 Å². The van der Waals surface area contributed by atoms with E-state index < -0.39 is 32.0 Å². The second-order valence-electron chi connectivity index (χ2n) is 8.74. The Bertz CT molecular complexity index is 939. The maximum absolute atomic E-state index is 2.77. The Kier molecular flexibility index (Phi) is 6.19. The number of rotatable bonds is 6. The molecule has 0 fully saturated rings. The van der Waals surface area contributed by atoms with E-state index in [0.29, 0.717) is 0 Å². The minimum absolute atomic E-state index is 1.13. The maximum atomic E-state index is 2.77. The summed E-state index contributed by atoms with van der Waals surface area (Å²) in [5.41, 5.74) is 7.83. The molecule has 4 rings (SSSR count). The molecule has 0 spiro atoms. The first-order valence-corrected chi connectivity index (χ1v) is 28.4. The molecule has 0 radical (unpaired) electrons. The Morgan fingerprint density at radius 2 is 1.64 bits per heavy atom. The molecule has 2 aromatic rings. The molecular formula is C24H31N2SnZr. The summed E-state index contributed by atoms with van der Waals surface area (Å²) in [5.74, 6) is 0. The van der Waals surface area contributed by atoms with E-state index in [-0.39, 0.29) is 0 Å². The third kappa shape index (κ3) is 3.69. The van der Waals surface area contributed by atoms with Crippen molar-refractivity contribution in [1.29, 1.82) is 0 Å². The first kappa shape index (κ1) is 20.8. The summed E-state index contributed by atoms with van der Waals surface area (Å²) in [6.45, 7) is 0. The number of hydrogen-bond donors (Lipinski definition) is 0. The summed E-state index contributed by atoms with van der Waals surface area (Å²) in [5, 5.41) is 0. The van der Waals surface area contributed by atoms with Gasteiger partial charge in [-0.05, 0) is 0 Å². The summed E-state index contributed by atoms with van der Waals surface area (Å²) in [4.78, 5) is 2.77. The minimum atomic E-state index is -2.67. The van der Waals surface area contributed by atoms with Gasteiger partial charge in [0.2, 0.25) is 0 Å². The van der Waals surface area contributed by atoms with Gasteiger partial charge in [-0.2, -0.15) is 0 Å². The van der Waals surface area contributed by atoms with Crippen LogP contribution in [0.5, 0.6) is 0 Å². The average Bonchev–Trinajstić information content (AvgIpc) is 3.27. The Labute approximate surface area is 178 Å². The zero-order chi connectivity index (χ0) is 19.9. The number of nitrogens with zero attached hydrogens (tertiary/aromatic N) is 2. The third-order valence-corrected chi connectivity index (χ3v) is 60.0. The molecule has 0 N–H and O–H groups in total. The van der Waals surface area contributed by atoms with Crippen molar-refractivity contribution < 1.29 is 18.2 Å². The van der Waals surface area contributed by atoms with Gasteiger partial charge in [0.25, 0.3) is 0 Å². The van der Waals surface area contributed by atoms with E-state index in [9.17, 15) is 0 Å². The van der Waals surface area contributed by atoms with Crippen LogP contribution in [0.1, 0.15) is 17.5 Å². The topological polar surface area (TPSA) is 6.48 Å². The first-order valence-electron chi connectivity index (χ1n) is 10.2. The van der Waals surface area contributed by atoms with Crippen LogP contribution in [-0.2, 0) is 24.6 Å². The van der Waals surface area contributed by atoms with E-state index in [4.69, 9.17) is 0 Å². The van der Waals surface area contributed by atoms with Gasteiger partial charge in [-0.25, -0.2) is 0 Å². The molecule has 2 nitrogen and oxygen atoms in total. The molecule has 4 heteroatoms. The Morgan fingerprint density at radius 1 is 0.929 bits per heavy atom. The molecule has 0 aliphatic heterocycles. The van der Waals surface area contributed by atoms with E-state index in [2.05, 4.69) is 99.5 Å². The summed E-state index contributed by atoms with van der Waals surface area (Å²) < 4.78 is 8.51. The summed E-state index contributed by atoms with van der Waals surface area (Å²) in [6.07, 6.45) is 9.30. The van der Waals surface area contributed by atoms with Crippen LogP contribution in [0.2, 0.25) is 9.38 Å². The van der Waals surface area contributed by atoms with Crippen molar-refractivity contribution in [3.05, 3.63) is 77.4 Å². The second-order valence-corrected chi connectivity index (χ2v) is 50.6. The molecule has 2 aromatic carbocycles. The monoisotopic (exact) mass is 557 g/mol. The molecule has 0 saturated heterocycles. The van der Waals surface area contributed by atoms with Gasteiger partial charge in [0.05, 0.1) is 0 Å². The van der Waals surface area contributed by atoms with Crippen molar-refractivity contribution in [1.82, 2.24) is 5.69 Å². The van der Waals surface area contributed by atoms with Crippen molar-refractivity contribution in [2.45, 2.75) is 22.2 Å². The van der Waals surface area contributed by atoms with E-state index in [1.807, 2.05) is 0 Å². The van der Waals surface area contributed by atoms with Crippen LogP contribution in [0.3, 0.4) is 0 Å².